The Morgan fingerprint density at radius 3 is 2.27 bits per heavy atom. The Morgan fingerprint density at radius 1 is 0.955 bits per heavy atom. The van der Waals surface area contributed by atoms with Crippen molar-refractivity contribution < 1.29 is 14.3 Å². The Hall–Kier alpha value is -2.04. The van der Waals surface area contributed by atoms with E-state index in [2.05, 4.69) is 24.7 Å². The van der Waals surface area contributed by atoms with Crippen molar-refractivity contribution in [3.05, 3.63) is 29.8 Å². The molecule has 1 aromatic rings. The summed E-state index contributed by atoms with van der Waals surface area (Å²) in [4.78, 5) is 23.1. The summed E-state index contributed by atoms with van der Waals surface area (Å²) in [7, 11) is 0. The van der Waals surface area contributed by atoms with Crippen LogP contribution in [0.1, 0.15) is 51.5 Å². The standard InChI is InChI=1S/C17H26N2O3/c1-3-5-6-7-8-16(20)18-19-17(21)13-22-15-11-9-14(4-2)10-12-15/h9-12H,3-8,13H2,1-2H3,(H,18,20)(H,19,21). The fraction of sp³-hybridized carbons (Fsp3) is 0.529. The summed E-state index contributed by atoms with van der Waals surface area (Å²) in [6, 6.07) is 7.59. The van der Waals surface area contributed by atoms with E-state index >= 15 is 0 Å². The van der Waals surface area contributed by atoms with Crippen molar-refractivity contribution in [1.82, 2.24) is 10.9 Å². The normalized spacial score (nSPS) is 10.1. The van der Waals surface area contributed by atoms with Crippen LogP contribution >= 0.6 is 0 Å². The number of unbranched alkanes of at least 4 members (excludes halogenated alkanes) is 3. The van der Waals surface area contributed by atoms with E-state index in [1.165, 1.54) is 5.56 Å². The van der Waals surface area contributed by atoms with Crippen molar-refractivity contribution >= 4 is 11.8 Å². The van der Waals surface area contributed by atoms with Gasteiger partial charge in [0, 0.05) is 6.42 Å². The maximum Gasteiger partial charge on any atom is 0.276 e. The number of hydrogen-bond acceptors (Lipinski definition) is 3. The lowest BCUT2D eigenvalue weighted by atomic mass is 10.1. The van der Waals surface area contributed by atoms with E-state index in [0.717, 1.165) is 32.1 Å². The fourth-order valence-electron chi connectivity index (χ4n) is 1.92. The molecule has 0 radical (unpaired) electrons. The minimum atomic E-state index is -0.374. The van der Waals surface area contributed by atoms with Gasteiger partial charge in [-0.1, -0.05) is 45.2 Å². The van der Waals surface area contributed by atoms with Gasteiger partial charge in [-0.25, -0.2) is 0 Å². The molecule has 0 aliphatic carbocycles. The van der Waals surface area contributed by atoms with Crippen LogP contribution in [0, 0.1) is 0 Å². The molecule has 5 heteroatoms. The predicted octanol–water partition coefficient (Wildman–Crippen LogP) is 2.75. The van der Waals surface area contributed by atoms with E-state index in [4.69, 9.17) is 4.74 Å². The second kappa shape index (κ2) is 10.7. The van der Waals surface area contributed by atoms with Gasteiger partial charge in [0.05, 0.1) is 0 Å². The number of aryl methyl sites for hydroxylation is 1. The molecule has 0 aliphatic heterocycles. The van der Waals surface area contributed by atoms with Crippen LogP contribution in [0.15, 0.2) is 24.3 Å². The van der Waals surface area contributed by atoms with Crippen LogP contribution in [0.4, 0.5) is 0 Å². The maximum absolute atomic E-state index is 11.6. The molecule has 0 saturated carbocycles. The van der Waals surface area contributed by atoms with Crippen LogP contribution in [0.25, 0.3) is 0 Å². The van der Waals surface area contributed by atoms with Gasteiger partial charge in [-0.3, -0.25) is 20.4 Å². The van der Waals surface area contributed by atoms with Crippen molar-refractivity contribution in [1.29, 1.82) is 0 Å². The maximum atomic E-state index is 11.6. The molecule has 1 rings (SSSR count). The van der Waals surface area contributed by atoms with Gasteiger partial charge in [0.15, 0.2) is 6.61 Å². The van der Waals surface area contributed by atoms with Gasteiger partial charge in [0.25, 0.3) is 5.91 Å². The Morgan fingerprint density at radius 2 is 1.64 bits per heavy atom. The summed E-state index contributed by atoms with van der Waals surface area (Å²) in [5, 5.41) is 0. The third-order valence-electron chi connectivity index (χ3n) is 3.30. The molecule has 0 spiro atoms. The van der Waals surface area contributed by atoms with Gasteiger partial charge in [-0.2, -0.15) is 0 Å². The van der Waals surface area contributed by atoms with Crippen LogP contribution in [-0.2, 0) is 16.0 Å². The van der Waals surface area contributed by atoms with Crippen molar-refractivity contribution in [2.45, 2.75) is 52.4 Å². The van der Waals surface area contributed by atoms with E-state index in [9.17, 15) is 9.59 Å². The smallest absolute Gasteiger partial charge is 0.276 e. The van der Waals surface area contributed by atoms with Crippen molar-refractivity contribution in [2.75, 3.05) is 6.61 Å². The molecule has 2 N–H and O–H groups in total. The number of amides is 2. The minimum absolute atomic E-state index is 0.123. The van der Waals surface area contributed by atoms with E-state index in [1.54, 1.807) is 0 Å². The van der Waals surface area contributed by atoms with Crippen LogP contribution in [0.3, 0.4) is 0 Å². The molecule has 5 nitrogen and oxygen atoms in total. The summed E-state index contributed by atoms with van der Waals surface area (Å²) in [5.74, 6) is 0.0940. The van der Waals surface area contributed by atoms with Gasteiger partial charge in [0.2, 0.25) is 5.91 Å². The Kier molecular flexibility index (Phi) is 8.72. The molecule has 22 heavy (non-hydrogen) atoms. The number of rotatable bonds is 9. The second-order valence-corrected chi connectivity index (χ2v) is 5.19. The highest BCUT2D eigenvalue weighted by Gasteiger charge is 2.05. The first-order valence-corrected chi connectivity index (χ1v) is 7.95. The second-order valence-electron chi connectivity index (χ2n) is 5.19. The number of ether oxygens (including phenoxy) is 1. The largest absolute Gasteiger partial charge is 0.484 e. The molecule has 122 valence electrons. The molecule has 0 bridgehead atoms. The average Bonchev–Trinajstić information content (AvgIpc) is 2.55. The van der Waals surface area contributed by atoms with Gasteiger partial charge in [0.1, 0.15) is 5.75 Å². The first-order chi connectivity index (χ1) is 10.7. The molecule has 1 aromatic carbocycles. The lowest BCUT2D eigenvalue weighted by Gasteiger charge is -2.09. The molecule has 0 saturated heterocycles. The first kappa shape index (κ1) is 18.0. The zero-order valence-corrected chi connectivity index (χ0v) is 13.5. The molecule has 0 heterocycles. The predicted molar refractivity (Wildman–Crippen MR) is 86.4 cm³/mol. The summed E-state index contributed by atoms with van der Waals surface area (Å²) in [6.45, 7) is 4.08. The molecule has 0 unspecified atom stereocenters. The van der Waals surface area contributed by atoms with Gasteiger partial charge in [-0.05, 0) is 30.5 Å². The molecule has 0 aromatic heterocycles. The molecule has 0 aliphatic rings. The SMILES string of the molecule is CCCCCCC(=O)NNC(=O)COc1ccc(CC)cc1. The van der Waals surface area contributed by atoms with Crippen LogP contribution in [-0.4, -0.2) is 18.4 Å². The van der Waals surface area contributed by atoms with E-state index in [1.807, 2.05) is 24.3 Å². The number of benzene rings is 1. The lowest BCUT2D eigenvalue weighted by Crippen LogP contribution is -2.43. The van der Waals surface area contributed by atoms with E-state index < -0.39 is 0 Å². The number of nitrogens with one attached hydrogen (secondary N) is 2. The van der Waals surface area contributed by atoms with Gasteiger partial charge < -0.3 is 4.74 Å². The highest BCUT2D eigenvalue weighted by atomic mass is 16.5. The Labute approximate surface area is 132 Å². The van der Waals surface area contributed by atoms with E-state index in [-0.39, 0.29) is 18.4 Å². The summed E-state index contributed by atoms with van der Waals surface area (Å²) in [5.41, 5.74) is 5.96. The monoisotopic (exact) mass is 306 g/mol. The number of carbonyl (C=O) groups is 2. The third-order valence-corrected chi connectivity index (χ3v) is 3.30. The first-order valence-electron chi connectivity index (χ1n) is 7.95. The Balaban J connectivity index is 2.16. The molecular formula is C17H26N2O3. The van der Waals surface area contributed by atoms with E-state index in [0.29, 0.717) is 12.2 Å². The lowest BCUT2D eigenvalue weighted by molar-refractivity contribution is -0.130. The Bertz CT molecular complexity index is 457. The summed E-state index contributed by atoms with van der Waals surface area (Å²) in [6.07, 6.45) is 5.54. The zero-order valence-electron chi connectivity index (χ0n) is 13.5. The van der Waals surface area contributed by atoms with Crippen LogP contribution in [0.5, 0.6) is 5.75 Å². The number of hydrazine groups is 1. The average molecular weight is 306 g/mol. The number of hydrogen-bond donors (Lipinski definition) is 2. The third kappa shape index (κ3) is 7.67. The quantitative estimate of drug-likeness (QED) is 0.544. The molecule has 0 atom stereocenters. The summed E-state index contributed by atoms with van der Waals surface area (Å²) < 4.78 is 5.35. The molecular weight excluding hydrogens is 280 g/mol. The minimum Gasteiger partial charge on any atom is -0.484 e. The topological polar surface area (TPSA) is 67.4 Å². The molecule has 0 fully saturated rings. The fourth-order valence-corrected chi connectivity index (χ4v) is 1.92. The summed E-state index contributed by atoms with van der Waals surface area (Å²) >= 11 is 0. The van der Waals surface area contributed by atoms with Crippen LogP contribution in [0.2, 0.25) is 0 Å². The number of carbonyl (C=O) groups excluding carboxylic acids is 2. The van der Waals surface area contributed by atoms with Crippen molar-refractivity contribution in [2.24, 2.45) is 0 Å². The highest BCUT2D eigenvalue weighted by molar-refractivity contribution is 5.82. The van der Waals surface area contributed by atoms with Gasteiger partial charge >= 0.3 is 0 Å². The van der Waals surface area contributed by atoms with Crippen molar-refractivity contribution in [3.8, 4) is 5.75 Å². The zero-order chi connectivity index (χ0) is 16.2. The highest BCUT2D eigenvalue weighted by Crippen LogP contribution is 2.12. The molecule has 2 amide bonds. The van der Waals surface area contributed by atoms with Gasteiger partial charge in [-0.15, -0.1) is 0 Å². The van der Waals surface area contributed by atoms with Crippen molar-refractivity contribution in [3.63, 3.8) is 0 Å². The van der Waals surface area contributed by atoms with Crippen LogP contribution < -0.4 is 15.6 Å².